The molecule has 9 heteroatoms. The summed E-state index contributed by atoms with van der Waals surface area (Å²) in [5.74, 6) is -2.01. The average Bonchev–Trinajstić information content (AvgIpc) is 2.76. The molecule has 1 aliphatic carbocycles. The van der Waals surface area contributed by atoms with E-state index in [9.17, 15) is 18.3 Å². The number of amides is 1. The van der Waals surface area contributed by atoms with E-state index in [0.717, 1.165) is 12.1 Å². The summed E-state index contributed by atoms with van der Waals surface area (Å²) in [6.07, 6.45) is 0.269. The number of halogens is 2. The SMILES string of the molecule is CC1CC(c2cc(F)c(CN3[C@@H](C)CC[C@H](c4ccccc4)S3(=O)=O)cc2F)([C@@H](O)CC(N)=O)C1. The van der Waals surface area contributed by atoms with E-state index >= 15 is 8.78 Å². The van der Waals surface area contributed by atoms with Gasteiger partial charge in [0, 0.05) is 23.6 Å². The Hall–Kier alpha value is -2.36. The summed E-state index contributed by atoms with van der Waals surface area (Å²) >= 11 is 0. The minimum absolute atomic E-state index is 0.00214. The zero-order valence-corrected chi connectivity index (χ0v) is 20.8. The van der Waals surface area contributed by atoms with Gasteiger partial charge < -0.3 is 10.8 Å². The van der Waals surface area contributed by atoms with Gasteiger partial charge in [0.15, 0.2) is 0 Å². The topological polar surface area (TPSA) is 101 Å². The number of carbonyl (C=O) groups excluding carboxylic acids is 1. The number of benzene rings is 2. The van der Waals surface area contributed by atoms with Crippen LogP contribution in [-0.4, -0.2) is 35.9 Å². The van der Waals surface area contributed by atoms with Crippen molar-refractivity contribution in [1.82, 2.24) is 4.31 Å². The molecule has 0 aromatic heterocycles. The molecule has 3 N–H and O–H groups in total. The lowest BCUT2D eigenvalue weighted by molar-refractivity contribution is -0.122. The van der Waals surface area contributed by atoms with Crippen molar-refractivity contribution >= 4 is 15.9 Å². The number of nitrogens with zero attached hydrogens (tertiary/aromatic N) is 1. The standard InChI is InChI=1S/C26H32F2N2O4S/c1-16-13-26(14-16,24(31)12-25(29)32)20-11-21(27)19(10-22(20)28)15-30-17(2)8-9-23(35(30,33)34)18-6-4-3-5-7-18/h3-7,10-11,16-17,23-24,31H,8-9,12-15H2,1-2H3,(H2,29,32)/t16?,17-,23+,24-,26?/m0/s1. The van der Waals surface area contributed by atoms with Crippen molar-refractivity contribution in [2.75, 3.05) is 0 Å². The lowest BCUT2D eigenvalue weighted by atomic mass is 9.55. The summed E-state index contributed by atoms with van der Waals surface area (Å²) in [4.78, 5) is 11.4. The Morgan fingerprint density at radius 1 is 1.14 bits per heavy atom. The smallest absolute Gasteiger partial charge is 0.221 e. The summed E-state index contributed by atoms with van der Waals surface area (Å²) < 4.78 is 58.9. The molecule has 2 aromatic rings. The van der Waals surface area contributed by atoms with Crippen molar-refractivity contribution in [3.05, 3.63) is 70.8 Å². The molecule has 1 saturated carbocycles. The molecule has 0 bridgehead atoms. The van der Waals surface area contributed by atoms with Crippen molar-refractivity contribution in [2.45, 2.75) is 75.3 Å². The molecule has 1 aliphatic heterocycles. The van der Waals surface area contributed by atoms with Gasteiger partial charge in [0.2, 0.25) is 15.9 Å². The fraction of sp³-hybridized carbons (Fsp3) is 0.500. The monoisotopic (exact) mass is 506 g/mol. The van der Waals surface area contributed by atoms with Gasteiger partial charge in [-0.25, -0.2) is 17.2 Å². The highest BCUT2D eigenvalue weighted by molar-refractivity contribution is 7.89. The second-order valence-corrected chi connectivity index (χ2v) is 12.3. The van der Waals surface area contributed by atoms with E-state index in [1.54, 1.807) is 31.2 Å². The van der Waals surface area contributed by atoms with Crippen LogP contribution in [0.3, 0.4) is 0 Å². The second-order valence-electron chi connectivity index (χ2n) is 10.2. The van der Waals surface area contributed by atoms with E-state index in [2.05, 4.69) is 0 Å². The van der Waals surface area contributed by atoms with Gasteiger partial charge in [-0.15, -0.1) is 0 Å². The van der Waals surface area contributed by atoms with Gasteiger partial charge in [0.05, 0.1) is 12.5 Å². The van der Waals surface area contributed by atoms with Gasteiger partial charge in [-0.1, -0.05) is 37.3 Å². The number of hydrogen-bond donors (Lipinski definition) is 2. The van der Waals surface area contributed by atoms with E-state index in [0.29, 0.717) is 31.2 Å². The molecule has 190 valence electrons. The quantitative estimate of drug-likeness (QED) is 0.594. The van der Waals surface area contributed by atoms with Crippen molar-refractivity contribution < 1.29 is 27.1 Å². The first-order valence-corrected chi connectivity index (χ1v) is 13.5. The molecule has 1 saturated heterocycles. The number of sulfonamides is 1. The molecule has 1 amide bonds. The Morgan fingerprint density at radius 2 is 1.80 bits per heavy atom. The summed E-state index contributed by atoms with van der Waals surface area (Å²) in [5.41, 5.74) is 4.76. The van der Waals surface area contributed by atoms with Gasteiger partial charge in [-0.05, 0) is 61.8 Å². The highest BCUT2D eigenvalue weighted by atomic mass is 32.2. The molecule has 1 heterocycles. The van der Waals surface area contributed by atoms with E-state index in [1.165, 1.54) is 4.31 Å². The second kappa shape index (κ2) is 9.59. The summed E-state index contributed by atoms with van der Waals surface area (Å²) in [5, 5.41) is 9.93. The lowest BCUT2D eigenvalue weighted by Gasteiger charge is -2.50. The first-order chi connectivity index (χ1) is 16.5. The van der Waals surface area contributed by atoms with Crippen molar-refractivity contribution in [1.29, 1.82) is 0 Å². The highest BCUT2D eigenvalue weighted by Gasteiger charge is 2.51. The number of rotatable bonds is 7. The number of primary amides is 1. The third-order valence-electron chi connectivity index (χ3n) is 7.65. The van der Waals surface area contributed by atoms with Crippen LogP contribution in [0.25, 0.3) is 0 Å². The van der Waals surface area contributed by atoms with Crippen LogP contribution in [0.4, 0.5) is 8.78 Å². The maximum atomic E-state index is 15.4. The Kier molecular flexibility index (Phi) is 7.05. The molecule has 2 fully saturated rings. The molecule has 0 spiro atoms. The highest BCUT2D eigenvalue weighted by Crippen LogP contribution is 2.52. The van der Waals surface area contributed by atoms with E-state index in [1.807, 2.05) is 13.0 Å². The molecule has 35 heavy (non-hydrogen) atoms. The predicted molar refractivity (Wildman–Crippen MR) is 129 cm³/mol. The van der Waals surface area contributed by atoms with Crippen LogP contribution in [0.5, 0.6) is 0 Å². The normalized spacial score (nSPS) is 29.3. The molecule has 4 rings (SSSR count). The van der Waals surface area contributed by atoms with Crippen LogP contribution in [-0.2, 0) is 26.8 Å². The molecular formula is C26H32F2N2O4S. The van der Waals surface area contributed by atoms with Crippen LogP contribution in [0.2, 0.25) is 0 Å². The third-order valence-corrected chi connectivity index (χ3v) is 10.0. The molecule has 6 nitrogen and oxygen atoms in total. The number of carbonyl (C=O) groups is 1. The maximum Gasteiger partial charge on any atom is 0.221 e. The van der Waals surface area contributed by atoms with Gasteiger partial charge >= 0.3 is 0 Å². The van der Waals surface area contributed by atoms with Gasteiger partial charge in [-0.2, -0.15) is 4.31 Å². The van der Waals surface area contributed by atoms with Gasteiger partial charge in [0.25, 0.3) is 0 Å². The molecule has 0 radical (unpaired) electrons. The third kappa shape index (κ3) is 4.73. The van der Waals surface area contributed by atoms with Crippen LogP contribution >= 0.6 is 0 Å². The minimum Gasteiger partial charge on any atom is -0.392 e. The number of nitrogens with two attached hydrogens (primary N) is 1. The fourth-order valence-corrected chi connectivity index (χ4v) is 8.04. The largest absolute Gasteiger partial charge is 0.392 e. The Morgan fingerprint density at radius 3 is 2.40 bits per heavy atom. The molecule has 2 aromatic carbocycles. The fourth-order valence-electron chi connectivity index (χ4n) is 5.85. The van der Waals surface area contributed by atoms with Crippen LogP contribution < -0.4 is 5.73 Å². The first-order valence-electron chi connectivity index (χ1n) is 12.0. The predicted octanol–water partition coefficient (Wildman–Crippen LogP) is 3.92. The lowest BCUT2D eigenvalue weighted by Crippen LogP contribution is -2.51. The summed E-state index contributed by atoms with van der Waals surface area (Å²) in [6, 6.07) is 10.6. The molecule has 0 unspecified atom stereocenters. The van der Waals surface area contributed by atoms with E-state index in [4.69, 9.17) is 5.73 Å². The zero-order valence-electron chi connectivity index (χ0n) is 20.0. The summed E-state index contributed by atoms with van der Waals surface area (Å²) in [6.45, 7) is 3.42. The number of hydrogen-bond acceptors (Lipinski definition) is 4. The van der Waals surface area contributed by atoms with Crippen molar-refractivity contribution in [3.8, 4) is 0 Å². The minimum atomic E-state index is -3.81. The van der Waals surface area contributed by atoms with Crippen molar-refractivity contribution in [3.63, 3.8) is 0 Å². The maximum absolute atomic E-state index is 15.4. The number of aliphatic hydroxyl groups is 1. The summed E-state index contributed by atoms with van der Waals surface area (Å²) in [7, 11) is -3.81. The van der Waals surface area contributed by atoms with Crippen LogP contribution in [0.1, 0.15) is 67.9 Å². The zero-order chi connectivity index (χ0) is 25.5. The molecule has 2 aliphatic rings. The van der Waals surface area contributed by atoms with Crippen LogP contribution in [0, 0.1) is 17.6 Å². The average molecular weight is 507 g/mol. The van der Waals surface area contributed by atoms with Gasteiger partial charge in [-0.3, -0.25) is 4.79 Å². The van der Waals surface area contributed by atoms with Gasteiger partial charge in [0.1, 0.15) is 16.9 Å². The molecular weight excluding hydrogens is 474 g/mol. The first kappa shape index (κ1) is 25.7. The van der Waals surface area contributed by atoms with Crippen LogP contribution in [0.15, 0.2) is 42.5 Å². The Bertz CT molecular complexity index is 1200. The number of aliphatic hydroxyl groups excluding tert-OH is 1. The van der Waals surface area contributed by atoms with Crippen molar-refractivity contribution in [2.24, 2.45) is 11.7 Å². The Labute approximate surface area is 205 Å². The van der Waals surface area contributed by atoms with E-state index < -0.39 is 44.3 Å². The van der Waals surface area contributed by atoms with E-state index in [-0.39, 0.29) is 36.1 Å². The molecule has 3 atom stereocenters. The Balaban J connectivity index is 1.65.